The summed E-state index contributed by atoms with van der Waals surface area (Å²) in [5, 5.41) is 13.1. The SMILES string of the molecule is C[C@H](CC=O)[C@@H]([NH3+])C(=O)NCCCC[C@H]([NH3+])C(=O)[O-]. The van der Waals surface area contributed by atoms with Gasteiger partial charge in [0.2, 0.25) is 0 Å². The number of carbonyl (C=O) groups excluding carboxylic acids is 3. The number of carbonyl (C=O) groups is 3. The van der Waals surface area contributed by atoms with Crippen molar-refractivity contribution in [2.45, 2.75) is 44.7 Å². The van der Waals surface area contributed by atoms with E-state index in [0.29, 0.717) is 32.2 Å². The van der Waals surface area contributed by atoms with E-state index in [9.17, 15) is 19.5 Å². The summed E-state index contributed by atoms with van der Waals surface area (Å²) in [4.78, 5) is 32.4. The van der Waals surface area contributed by atoms with Gasteiger partial charge in [0.25, 0.3) is 5.91 Å². The van der Waals surface area contributed by atoms with Crippen LogP contribution >= 0.6 is 0 Å². The molecule has 0 aromatic heterocycles. The topological polar surface area (TPSA) is 142 Å². The summed E-state index contributed by atoms with van der Waals surface area (Å²) >= 11 is 0. The lowest BCUT2D eigenvalue weighted by Crippen LogP contribution is -2.70. The molecule has 19 heavy (non-hydrogen) atoms. The first-order valence-electron chi connectivity index (χ1n) is 6.48. The van der Waals surface area contributed by atoms with Crippen molar-refractivity contribution in [3.05, 3.63) is 0 Å². The normalized spacial score (nSPS) is 15.3. The Morgan fingerprint density at radius 3 is 2.47 bits per heavy atom. The predicted octanol–water partition coefficient (Wildman–Crippen LogP) is -3.53. The van der Waals surface area contributed by atoms with Crippen LogP contribution in [0.15, 0.2) is 0 Å². The summed E-state index contributed by atoms with van der Waals surface area (Å²) in [6.45, 7) is 2.28. The first kappa shape index (κ1) is 17.5. The van der Waals surface area contributed by atoms with Crippen LogP contribution in [-0.4, -0.2) is 36.8 Å². The Labute approximate surface area is 112 Å². The van der Waals surface area contributed by atoms with Gasteiger partial charge in [0.15, 0.2) is 6.04 Å². The van der Waals surface area contributed by atoms with Crippen molar-refractivity contribution >= 4 is 18.2 Å². The minimum atomic E-state index is -1.15. The van der Waals surface area contributed by atoms with Gasteiger partial charge in [0, 0.05) is 25.3 Å². The molecule has 0 aliphatic rings. The monoisotopic (exact) mass is 274 g/mol. The molecule has 7 heteroatoms. The second-order valence-corrected chi connectivity index (χ2v) is 4.79. The fourth-order valence-electron chi connectivity index (χ4n) is 1.55. The highest BCUT2D eigenvalue weighted by Gasteiger charge is 2.23. The van der Waals surface area contributed by atoms with E-state index in [1.807, 2.05) is 0 Å². The highest BCUT2D eigenvalue weighted by Crippen LogP contribution is 2.03. The van der Waals surface area contributed by atoms with Gasteiger partial charge in [-0.1, -0.05) is 6.92 Å². The number of amides is 1. The molecule has 0 radical (unpaired) electrons. The molecule has 0 fully saturated rings. The van der Waals surface area contributed by atoms with Crippen molar-refractivity contribution in [3.8, 4) is 0 Å². The zero-order chi connectivity index (χ0) is 14.8. The van der Waals surface area contributed by atoms with Gasteiger partial charge in [-0.25, -0.2) is 0 Å². The molecule has 0 rings (SSSR count). The Morgan fingerprint density at radius 1 is 1.32 bits per heavy atom. The lowest BCUT2D eigenvalue weighted by atomic mass is 9.99. The van der Waals surface area contributed by atoms with Crippen LogP contribution in [-0.2, 0) is 14.4 Å². The number of unbranched alkanes of at least 4 members (excludes halogenated alkanes) is 1. The average Bonchev–Trinajstić information content (AvgIpc) is 2.36. The van der Waals surface area contributed by atoms with Crippen LogP contribution in [0.5, 0.6) is 0 Å². The van der Waals surface area contributed by atoms with Gasteiger partial charge in [-0.2, -0.15) is 0 Å². The quantitative estimate of drug-likeness (QED) is 0.280. The molecule has 7 N–H and O–H groups in total. The molecule has 0 aromatic rings. The molecule has 0 saturated carbocycles. The second-order valence-electron chi connectivity index (χ2n) is 4.79. The zero-order valence-electron chi connectivity index (χ0n) is 11.4. The molecule has 110 valence electrons. The van der Waals surface area contributed by atoms with E-state index in [4.69, 9.17) is 0 Å². The number of rotatable bonds is 10. The van der Waals surface area contributed by atoms with Crippen molar-refractivity contribution < 1.29 is 31.0 Å². The second kappa shape index (κ2) is 9.46. The molecule has 0 saturated heterocycles. The van der Waals surface area contributed by atoms with Gasteiger partial charge in [0.05, 0.1) is 5.97 Å². The summed E-state index contributed by atoms with van der Waals surface area (Å²) in [6, 6.07) is -1.15. The number of hydrogen-bond acceptors (Lipinski definition) is 4. The van der Waals surface area contributed by atoms with Crippen molar-refractivity contribution in [1.29, 1.82) is 0 Å². The van der Waals surface area contributed by atoms with Crippen LogP contribution in [0, 0.1) is 5.92 Å². The number of aliphatic carboxylic acids is 1. The van der Waals surface area contributed by atoms with Crippen LogP contribution in [0.2, 0.25) is 0 Å². The first-order valence-corrected chi connectivity index (χ1v) is 6.48. The Kier molecular flexibility index (Phi) is 8.73. The van der Waals surface area contributed by atoms with Crippen LogP contribution < -0.4 is 21.9 Å². The van der Waals surface area contributed by atoms with Crippen LogP contribution in [0.4, 0.5) is 0 Å². The first-order chi connectivity index (χ1) is 8.90. The maximum Gasteiger partial charge on any atom is 0.278 e. The molecule has 7 nitrogen and oxygen atoms in total. The third-order valence-corrected chi connectivity index (χ3v) is 3.10. The maximum absolute atomic E-state index is 11.7. The van der Waals surface area contributed by atoms with E-state index in [1.54, 1.807) is 6.92 Å². The molecule has 1 amide bonds. The van der Waals surface area contributed by atoms with Gasteiger partial charge in [-0.05, 0) is 12.8 Å². The fourth-order valence-corrected chi connectivity index (χ4v) is 1.55. The molecule has 0 aromatic carbocycles. The molecule has 0 spiro atoms. The lowest BCUT2D eigenvalue weighted by molar-refractivity contribution is -0.438. The zero-order valence-corrected chi connectivity index (χ0v) is 11.4. The summed E-state index contributed by atoms with van der Waals surface area (Å²) in [5.74, 6) is -1.41. The molecular formula is C12H24N3O4+. The minimum absolute atomic E-state index is 0.0835. The average molecular weight is 274 g/mol. The molecule has 0 unspecified atom stereocenters. The summed E-state index contributed by atoms with van der Waals surface area (Å²) in [6.07, 6.45) is 2.88. The summed E-state index contributed by atoms with van der Waals surface area (Å²) in [7, 11) is 0. The molecule has 0 heterocycles. The predicted molar refractivity (Wildman–Crippen MR) is 65.1 cm³/mol. The van der Waals surface area contributed by atoms with Crippen LogP contribution in [0.25, 0.3) is 0 Å². The number of carboxylic acids is 1. The standard InChI is InChI=1S/C12H23N3O4/c1-8(5-7-16)10(14)11(17)15-6-3-2-4-9(13)12(18)19/h7-10H,2-6,13-14H2,1H3,(H,15,17)(H,18,19)/p+1/t8-,9+,10-/m1/s1. The highest BCUT2D eigenvalue weighted by atomic mass is 16.4. The smallest absolute Gasteiger partial charge is 0.278 e. The van der Waals surface area contributed by atoms with E-state index in [0.717, 1.165) is 6.29 Å². The van der Waals surface area contributed by atoms with Gasteiger partial charge in [0.1, 0.15) is 12.3 Å². The summed E-state index contributed by atoms with van der Waals surface area (Å²) < 4.78 is 0. The Bertz CT molecular complexity index is 309. The number of nitrogens with one attached hydrogen (secondary N) is 1. The van der Waals surface area contributed by atoms with E-state index < -0.39 is 18.1 Å². The number of quaternary nitrogens is 2. The van der Waals surface area contributed by atoms with Crippen molar-refractivity contribution in [2.75, 3.05) is 6.54 Å². The largest absolute Gasteiger partial charge is 0.544 e. The molecular weight excluding hydrogens is 250 g/mol. The van der Waals surface area contributed by atoms with E-state index in [-0.39, 0.29) is 11.8 Å². The maximum atomic E-state index is 11.7. The van der Waals surface area contributed by atoms with Gasteiger partial charge >= 0.3 is 0 Å². The van der Waals surface area contributed by atoms with Gasteiger partial charge < -0.3 is 31.5 Å². The Hall–Kier alpha value is -1.47. The van der Waals surface area contributed by atoms with Gasteiger partial charge in [-0.15, -0.1) is 0 Å². The van der Waals surface area contributed by atoms with Gasteiger partial charge in [-0.3, -0.25) is 4.79 Å². The lowest BCUT2D eigenvalue weighted by Gasteiger charge is -2.14. The van der Waals surface area contributed by atoms with Crippen LogP contribution in [0.1, 0.15) is 32.6 Å². The van der Waals surface area contributed by atoms with Crippen molar-refractivity contribution in [3.63, 3.8) is 0 Å². The third-order valence-electron chi connectivity index (χ3n) is 3.10. The molecule has 0 aliphatic carbocycles. The highest BCUT2D eigenvalue weighted by molar-refractivity contribution is 5.80. The minimum Gasteiger partial charge on any atom is -0.544 e. The van der Waals surface area contributed by atoms with E-state index in [1.165, 1.54) is 0 Å². The number of aldehydes is 1. The fraction of sp³-hybridized carbons (Fsp3) is 0.750. The molecule has 0 bridgehead atoms. The summed E-state index contributed by atoms with van der Waals surface area (Å²) in [5.41, 5.74) is 7.19. The van der Waals surface area contributed by atoms with E-state index >= 15 is 0 Å². The van der Waals surface area contributed by atoms with E-state index in [2.05, 4.69) is 16.8 Å². The molecule has 0 aliphatic heterocycles. The van der Waals surface area contributed by atoms with Crippen LogP contribution in [0.3, 0.4) is 0 Å². The van der Waals surface area contributed by atoms with Crippen molar-refractivity contribution in [1.82, 2.24) is 5.32 Å². The van der Waals surface area contributed by atoms with Crippen molar-refractivity contribution in [2.24, 2.45) is 5.92 Å². The number of carboxylic acid groups (broad SMARTS) is 1. The Balaban J connectivity index is 3.74. The third kappa shape index (κ3) is 7.53. The Morgan fingerprint density at radius 2 is 1.95 bits per heavy atom. The number of hydrogen-bond donors (Lipinski definition) is 3. The molecule has 3 atom stereocenters.